The van der Waals surface area contributed by atoms with E-state index in [0.717, 1.165) is 16.9 Å². The van der Waals surface area contributed by atoms with E-state index in [4.69, 9.17) is 5.73 Å². The van der Waals surface area contributed by atoms with Crippen LogP contribution in [0.2, 0.25) is 0 Å². The standard InChI is InChI=1S/C14H22N2O2S2/c1-10-7-12(15)8-13(11(10)2)20(17,18)16-5-6-19-14(3,4)9-16/h7-8H,5-6,9,15H2,1-4H3. The molecule has 20 heavy (non-hydrogen) atoms. The monoisotopic (exact) mass is 314 g/mol. The van der Waals surface area contributed by atoms with Crippen molar-refractivity contribution in [1.29, 1.82) is 0 Å². The Morgan fingerprint density at radius 2 is 1.95 bits per heavy atom. The minimum atomic E-state index is -3.47. The third-order valence-electron chi connectivity index (χ3n) is 3.65. The maximum absolute atomic E-state index is 12.9. The molecule has 0 atom stereocenters. The first-order valence-corrected chi connectivity index (χ1v) is 9.07. The number of nitrogens with zero attached hydrogens (tertiary/aromatic N) is 1. The highest BCUT2D eigenvalue weighted by molar-refractivity contribution is 8.00. The van der Waals surface area contributed by atoms with E-state index in [1.807, 2.05) is 31.7 Å². The predicted octanol–water partition coefficient (Wildman–Crippen LogP) is 2.40. The molecular weight excluding hydrogens is 292 g/mol. The van der Waals surface area contributed by atoms with Crippen LogP contribution in [0.25, 0.3) is 0 Å². The van der Waals surface area contributed by atoms with Gasteiger partial charge in [-0.3, -0.25) is 0 Å². The summed E-state index contributed by atoms with van der Waals surface area (Å²) >= 11 is 1.82. The van der Waals surface area contributed by atoms with Gasteiger partial charge in [-0.15, -0.1) is 0 Å². The molecule has 2 N–H and O–H groups in total. The second-order valence-electron chi connectivity index (χ2n) is 5.91. The van der Waals surface area contributed by atoms with Crippen molar-refractivity contribution in [1.82, 2.24) is 4.31 Å². The first-order valence-electron chi connectivity index (χ1n) is 6.64. The summed E-state index contributed by atoms with van der Waals surface area (Å²) < 4.78 is 27.3. The topological polar surface area (TPSA) is 63.4 Å². The Kier molecular flexibility index (Phi) is 4.10. The number of rotatable bonds is 2. The number of aryl methyl sites for hydroxylation is 1. The summed E-state index contributed by atoms with van der Waals surface area (Å²) in [5, 5.41) is 0. The average molecular weight is 314 g/mol. The lowest BCUT2D eigenvalue weighted by molar-refractivity contribution is 0.387. The summed E-state index contributed by atoms with van der Waals surface area (Å²) in [5.41, 5.74) is 8.02. The van der Waals surface area contributed by atoms with E-state index in [-0.39, 0.29) is 4.75 Å². The lowest BCUT2D eigenvalue weighted by Gasteiger charge is -2.37. The van der Waals surface area contributed by atoms with Crippen LogP contribution in [-0.2, 0) is 10.0 Å². The van der Waals surface area contributed by atoms with Gasteiger partial charge in [0.05, 0.1) is 4.90 Å². The molecule has 4 nitrogen and oxygen atoms in total. The molecule has 1 aliphatic rings. The van der Waals surface area contributed by atoms with Gasteiger partial charge in [0.1, 0.15) is 0 Å². The Bertz CT molecular complexity index is 624. The lowest BCUT2D eigenvalue weighted by Crippen LogP contribution is -2.46. The fraction of sp³-hybridized carbons (Fsp3) is 0.571. The molecule has 0 bridgehead atoms. The Morgan fingerprint density at radius 3 is 2.55 bits per heavy atom. The van der Waals surface area contributed by atoms with Crippen molar-refractivity contribution in [2.45, 2.75) is 37.3 Å². The van der Waals surface area contributed by atoms with Gasteiger partial charge in [-0.05, 0) is 51.0 Å². The first kappa shape index (κ1) is 15.7. The summed E-state index contributed by atoms with van der Waals surface area (Å²) in [6, 6.07) is 3.39. The molecule has 0 spiro atoms. The van der Waals surface area contributed by atoms with Gasteiger partial charge in [-0.25, -0.2) is 8.42 Å². The summed E-state index contributed by atoms with van der Waals surface area (Å²) in [6.07, 6.45) is 0. The van der Waals surface area contributed by atoms with Gasteiger partial charge in [-0.1, -0.05) is 0 Å². The third-order valence-corrected chi connectivity index (χ3v) is 6.92. The van der Waals surface area contributed by atoms with E-state index in [0.29, 0.717) is 23.7 Å². The maximum Gasteiger partial charge on any atom is 0.243 e. The van der Waals surface area contributed by atoms with Gasteiger partial charge >= 0.3 is 0 Å². The Morgan fingerprint density at radius 1 is 1.30 bits per heavy atom. The third kappa shape index (κ3) is 2.97. The van der Waals surface area contributed by atoms with Crippen molar-refractivity contribution in [3.05, 3.63) is 23.3 Å². The maximum atomic E-state index is 12.9. The Hall–Kier alpha value is -0.720. The second-order valence-corrected chi connectivity index (χ2v) is 9.62. The number of benzene rings is 1. The van der Waals surface area contributed by atoms with Crippen LogP contribution in [0.5, 0.6) is 0 Å². The zero-order valence-electron chi connectivity index (χ0n) is 12.4. The van der Waals surface area contributed by atoms with Crippen molar-refractivity contribution in [3.8, 4) is 0 Å². The molecular formula is C14H22N2O2S2. The fourth-order valence-electron chi connectivity index (χ4n) is 2.44. The van der Waals surface area contributed by atoms with Crippen LogP contribution in [-0.4, -0.2) is 36.3 Å². The number of anilines is 1. The highest BCUT2D eigenvalue weighted by atomic mass is 32.2. The molecule has 1 aliphatic heterocycles. The zero-order chi connectivity index (χ0) is 15.1. The van der Waals surface area contributed by atoms with Gasteiger partial charge < -0.3 is 5.73 Å². The van der Waals surface area contributed by atoms with Crippen LogP contribution >= 0.6 is 11.8 Å². The van der Waals surface area contributed by atoms with E-state index >= 15 is 0 Å². The molecule has 6 heteroatoms. The molecule has 0 unspecified atom stereocenters. The van der Waals surface area contributed by atoms with Crippen LogP contribution < -0.4 is 5.73 Å². The van der Waals surface area contributed by atoms with E-state index < -0.39 is 10.0 Å². The summed E-state index contributed by atoms with van der Waals surface area (Å²) in [7, 11) is -3.47. The lowest BCUT2D eigenvalue weighted by atomic mass is 10.1. The van der Waals surface area contributed by atoms with Gasteiger partial charge in [0, 0.05) is 29.3 Å². The van der Waals surface area contributed by atoms with Crippen LogP contribution in [0, 0.1) is 13.8 Å². The van der Waals surface area contributed by atoms with Gasteiger partial charge in [-0.2, -0.15) is 16.1 Å². The van der Waals surface area contributed by atoms with Crippen molar-refractivity contribution in [2.24, 2.45) is 0 Å². The molecule has 1 aromatic carbocycles. The van der Waals surface area contributed by atoms with Crippen LogP contribution in [0.1, 0.15) is 25.0 Å². The van der Waals surface area contributed by atoms with Gasteiger partial charge in [0.25, 0.3) is 0 Å². The smallest absolute Gasteiger partial charge is 0.243 e. The molecule has 112 valence electrons. The van der Waals surface area contributed by atoms with E-state index in [9.17, 15) is 8.42 Å². The molecule has 1 heterocycles. The Labute approximate surface area is 125 Å². The molecule has 0 saturated carbocycles. The van der Waals surface area contributed by atoms with Crippen molar-refractivity contribution >= 4 is 27.5 Å². The zero-order valence-corrected chi connectivity index (χ0v) is 14.1. The van der Waals surface area contributed by atoms with E-state index in [1.54, 1.807) is 10.4 Å². The highest BCUT2D eigenvalue weighted by Gasteiger charge is 2.35. The molecule has 2 rings (SSSR count). The quantitative estimate of drug-likeness (QED) is 0.852. The number of nitrogen functional groups attached to an aromatic ring is 1. The molecule has 1 saturated heterocycles. The van der Waals surface area contributed by atoms with Gasteiger partial charge in [0.2, 0.25) is 10.0 Å². The molecule has 0 radical (unpaired) electrons. The summed E-state index contributed by atoms with van der Waals surface area (Å²) in [5.74, 6) is 0.826. The van der Waals surface area contributed by atoms with Crippen molar-refractivity contribution in [3.63, 3.8) is 0 Å². The number of thioether (sulfide) groups is 1. The van der Waals surface area contributed by atoms with E-state index in [2.05, 4.69) is 13.8 Å². The molecule has 0 aliphatic carbocycles. The van der Waals surface area contributed by atoms with Crippen LogP contribution in [0.4, 0.5) is 5.69 Å². The minimum Gasteiger partial charge on any atom is -0.399 e. The molecule has 0 aromatic heterocycles. The number of hydrogen-bond donors (Lipinski definition) is 1. The number of hydrogen-bond acceptors (Lipinski definition) is 4. The van der Waals surface area contributed by atoms with Crippen molar-refractivity contribution in [2.75, 3.05) is 24.6 Å². The summed E-state index contributed by atoms with van der Waals surface area (Å²) in [4.78, 5) is 0.345. The number of nitrogens with two attached hydrogens (primary N) is 1. The average Bonchev–Trinajstić information content (AvgIpc) is 2.32. The summed E-state index contributed by atoms with van der Waals surface area (Å²) in [6.45, 7) is 8.98. The van der Waals surface area contributed by atoms with E-state index in [1.165, 1.54) is 0 Å². The molecule has 0 amide bonds. The highest BCUT2D eigenvalue weighted by Crippen LogP contribution is 2.34. The van der Waals surface area contributed by atoms with Gasteiger partial charge in [0.15, 0.2) is 0 Å². The molecule has 1 aromatic rings. The first-order chi connectivity index (χ1) is 9.13. The van der Waals surface area contributed by atoms with Crippen molar-refractivity contribution < 1.29 is 8.42 Å². The predicted molar refractivity (Wildman–Crippen MR) is 85.6 cm³/mol. The SMILES string of the molecule is Cc1cc(N)cc(S(=O)(=O)N2CCSC(C)(C)C2)c1C. The Balaban J connectivity index is 2.46. The minimum absolute atomic E-state index is 0.0470. The largest absolute Gasteiger partial charge is 0.399 e. The molecule has 1 fully saturated rings. The van der Waals surface area contributed by atoms with Crippen LogP contribution in [0.3, 0.4) is 0 Å². The second kappa shape index (κ2) is 5.24. The van der Waals surface area contributed by atoms with Crippen LogP contribution in [0.15, 0.2) is 17.0 Å². The number of sulfonamides is 1. The fourth-order valence-corrected chi connectivity index (χ4v) is 5.68. The normalized spacial score (nSPS) is 20.0.